The van der Waals surface area contributed by atoms with Crippen molar-refractivity contribution in [2.45, 2.75) is 6.42 Å². The zero-order valence-corrected chi connectivity index (χ0v) is 16.3. The number of rotatable bonds is 6. The third-order valence-electron chi connectivity index (χ3n) is 4.21. The molecule has 0 fully saturated rings. The predicted molar refractivity (Wildman–Crippen MR) is 109 cm³/mol. The van der Waals surface area contributed by atoms with Gasteiger partial charge in [0.15, 0.2) is 0 Å². The third-order valence-corrected chi connectivity index (χ3v) is 4.70. The number of halogens is 1. The van der Waals surface area contributed by atoms with E-state index in [1.165, 1.54) is 6.08 Å². The van der Waals surface area contributed by atoms with E-state index in [9.17, 15) is 10.1 Å². The Morgan fingerprint density at radius 1 is 1.33 bits per heavy atom. The van der Waals surface area contributed by atoms with Gasteiger partial charge in [0.05, 0.1) is 7.11 Å². The molecule has 0 bridgehead atoms. The highest BCUT2D eigenvalue weighted by molar-refractivity contribution is 9.10. The second-order valence-electron chi connectivity index (χ2n) is 5.92. The van der Waals surface area contributed by atoms with Crippen molar-refractivity contribution in [3.63, 3.8) is 0 Å². The monoisotopic (exact) mass is 423 g/mol. The summed E-state index contributed by atoms with van der Waals surface area (Å²) in [6, 6.07) is 15.4. The average molecular weight is 424 g/mol. The van der Waals surface area contributed by atoms with Gasteiger partial charge in [-0.3, -0.25) is 4.79 Å². The zero-order chi connectivity index (χ0) is 19.2. The Morgan fingerprint density at radius 2 is 2.15 bits per heavy atom. The van der Waals surface area contributed by atoms with Gasteiger partial charge in [0.25, 0.3) is 5.91 Å². The van der Waals surface area contributed by atoms with Gasteiger partial charge in [0.1, 0.15) is 17.4 Å². The largest absolute Gasteiger partial charge is 0.496 e. The molecule has 2 N–H and O–H groups in total. The highest BCUT2D eigenvalue weighted by Gasteiger charge is 2.11. The zero-order valence-electron chi connectivity index (χ0n) is 14.8. The summed E-state index contributed by atoms with van der Waals surface area (Å²) in [5.41, 5.74) is 2.89. The number of aromatic amines is 1. The normalized spacial score (nSPS) is 11.2. The number of nitrogens with zero attached hydrogens (tertiary/aromatic N) is 1. The topological polar surface area (TPSA) is 77.9 Å². The fourth-order valence-electron chi connectivity index (χ4n) is 2.87. The van der Waals surface area contributed by atoms with E-state index < -0.39 is 5.91 Å². The lowest BCUT2D eigenvalue weighted by molar-refractivity contribution is -0.117. The summed E-state index contributed by atoms with van der Waals surface area (Å²) < 4.78 is 6.13. The van der Waals surface area contributed by atoms with Crippen LogP contribution in [-0.2, 0) is 11.2 Å². The van der Waals surface area contributed by atoms with Crippen LogP contribution in [0.15, 0.2) is 58.7 Å². The highest BCUT2D eigenvalue weighted by atomic mass is 79.9. The van der Waals surface area contributed by atoms with E-state index in [1.807, 2.05) is 42.6 Å². The van der Waals surface area contributed by atoms with Crippen LogP contribution >= 0.6 is 15.9 Å². The summed E-state index contributed by atoms with van der Waals surface area (Å²) >= 11 is 3.39. The van der Waals surface area contributed by atoms with Gasteiger partial charge in [-0.1, -0.05) is 34.1 Å². The van der Waals surface area contributed by atoms with Crippen LogP contribution in [0.1, 0.15) is 11.1 Å². The van der Waals surface area contributed by atoms with Gasteiger partial charge in [-0.25, -0.2) is 0 Å². The molecule has 0 unspecified atom stereocenters. The molecule has 3 rings (SSSR count). The Kier molecular flexibility index (Phi) is 5.94. The number of hydrogen-bond donors (Lipinski definition) is 2. The number of benzene rings is 2. The van der Waals surface area contributed by atoms with E-state index in [2.05, 4.69) is 26.2 Å². The molecule has 1 aromatic heterocycles. The molecule has 3 aromatic rings. The second-order valence-corrected chi connectivity index (χ2v) is 6.84. The molecular weight excluding hydrogens is 406 g/mol. The van der Waals surface area contributed by atoms with Gasteiger partial charge in [-0.15, -0.1) is 0 Å². The summed E-state index contributed by atoms with van der Waals surface area (Å²) in [4.78, 5) is 15.6. The Labute approximate surface area is 165 Å². The van der Waals surface area contributed by atoms with Crippen molar-refractivity contribution in [1.29, 1.82) is 5.26 Å². The molecule has 0 saturated heterocycles. The molecule has 0 aliphatic heterocycles. The van der Waals surface area contributed by atoms with E-state index in [4.69, 9.17) is 4.74 Å². The molecular formula is C21H18BrN3O2. The Balaban J connectivity index is 1.69. The van der Waals surface area contributed by atoms with Crippen molar-refractivity contribution in [1.82, 2.24) is 10.3 Å². The fourth-order valence-corrected chi connectivity index (χ4v) is 3.25. The SMILES string of the molecule is COc1ccc(Br)cc1/C=C(/C#N)C(=O)NCCc1c[nH]c2ccccc12. The maximum absolute atomic E-state index is 12.4. The number of carbonyl (C=O) groups is 1. The molecule has 1 amide bonds. The van der Waals surface area contributed by atoms with Crippen LogP contribution in [0.2, 0.25) is 0 Å². The molecule has 0 aliphatic carbocycles. The number of H-pyrrole nitrogens is 1. The number of carbonyl (C=O) groups excluding carboxylic acids is 1. The summed E-state index contributed by atoms with van der Waals surface area (Å²) in [6.45, 7) is 0.440. The molecule has 2 aromatic carbocycles. The van der Waals surface area contributed by atoms with Gasteiger partial charge in [0, 0.05) is 33.7 Å². The summed E-state index contributed by atoms with van der Waals surface area (Å²) in [5.74, 6) is 0.192. The molecule has 0 saturated carbocycles. The summed E-state index contributed by atoms with van der Waals surface area (Å²) in [5, 5.41) is 13.3. The lowest BCUT2D eigenvalue weighted by atomic mass is 10.1. The van der Waals surface area contributed by atoms with Crippen molar-refractivity contribution < 1.29 is 9.53 Å². The molecule has 27 heavy (non-hydrogen) atoms. The smallest absolute Gasteiger partial charge is 0.261 e. The van der Waals surface area contributed by atoms with Crippen LogP contribution in [0.25, 0.3) is 17.0 Å². The first-order chi connectivity index (χ1) is 13.1. The van der Waals surface area contributed by atoms with Gasteiger partial charge < -0.3 is 15.0 Å². The maximum Gasteiger partial charge on any atom is 0.261 e. The number of ether oxygens (including phenoxy) is 1. The lowest BCUT2D eigenvalue weighted by Gasteiger charge is -2.07. The number of fused-ring (bicyclic) bond motifs is 1. The van der Waals surface area contributed by atoms with Crippen LogP contribution in [-0.4, -0.2) is 24.5 Å². The number of hydrogen-bond acceptors (Lipinski definition) is 3. The minimum Gasteiger partial charge on any atom is -0.496 e. The van der Waals surface area contributed by atoms with E-state index in [0.29, 0.717) is 24.3 Å². The van der Waals surface area contributed by atoms with Crippen LogP contribution in [0.5, 0.6) is 5.75 Å². The van der Waals surface area contributed by atoms with E-state index in [-0.39, 0.29) is 5.57 Å². The second kappa shape index (κ2) is 8.56. The van der Waals surface area contributed by atoms with Gasteiger partial charge in [-0.05, 0) is 42.3 Å². The molecule has 0 spiro atoms. The fraction of sp³-hybridized carbons (Fsp3) is 0.143. The first kappa shape index (κ1) is 18.7. The lowest BCUT2D eigenvalue weighted by Crippen LogP contribution is -2.26. The van der Waals surface area contributed by atoms with Crippen LogP contribution in [0, 0.1) is 11.3 Å². The Morgan fingerprint density at radius 3 is 2.93 bits per heavy atom. The van der Waals surface area contributed by atoms with Crippen molar-refractivity contribution in [3.8, 4) is 11.8 Å². The quantitative estimate of drug-likeness (QED) is 0.460. The third kappa shape index (κ3) is 4.39. The molecule has 136 valence electrons. The molecule has 6 heteroatoms. The van der Waals surface area contributed by atoms with Crippen LogP contribution < -0.4 is 10.1 Å². The van der Waals surface area contributed by atoms with Crippen molar-refractivity contribution in [2.24, 2.45) is 0 Å². The predicted octanol–water partition coefficient (Wildman–Crippen LogP) is 4.20. The number of nitriles is 1. The number of nitrogens with one attached hydrogen (secondary N) is 2. The number of amides is 1. The number of para-hydroxylation sites is 1. The Hall–Kier alpha value is -3.04. The minimum atomic E-state index is -0.403. The maximum atomic E-state index is 12.4. The van der Waals surface area contributed by atoms with E-state index in [0.717, 1.165) is 20.9 Å². The van der Waals surface area contributed by atoms with Crippen molar-refractivity contribution in [2.75, 3.05) is 13.7 Å². The molecule has 1 heterocycles. The average Bonchev–Trinajstić information content (AvgIpc) is 3.09. The summed E-state index contributed by atoms with van der Waals surface area (Å²) in [6.07, 6.45) is 4.16. The van der Waals surface area contributed by atoms with Crippen molar-refractivity contribution >= 4 is 38.8 Å². The van der Waals surface area contributed by atoms with Gasteiger partial charge in [-0.2, -0.15) is 5.26 Å². The molecule has 0 atom stereocenters. The first-order valence-electron chi connectivity index (χ1n) is 8.41. The minimum absolute atomic E-state index is 0.0327. The van der Waals surface area contributed by atoms with Crippen molar-refractivity contribution in [3.05, 3.63) is 69.8 Å². The highest BCUT2D eigenvalue weighted by Crippen LogP contribution is 2.25. The number of methoxy groups -OCH3 is 1. The first-order valence-corrected chi connectivity index (χ1v) is 9.20. The van der Waals surface area contributed by atoms with Crippen LogP contribution in [0.3, 0.4) is 0 Å². The van der Waals surface area contributed by atoms with E-state index in [1.54, 1.807) is 19.2 Å². The van der Waals surface area contributed by atoms with E-state index >= 15 is 0 Å². The Bertz CT molecular complexity index is 1050. The molecule has 0 aliphatic rings. The molecule has 0 radical (unpaired) electrons. The number of aromatic nitrogens is 1. The van der Waals surface area contributed by atoms with Crippen LogP contribution in [0.4, 0.5) is 0 Å². The van der Waals surface area contributed by atoms with Gasteiger partial charge >= 0.3 is 0 Å². The van der Waals surface area contributed by atoms with Gasteiger partial charge in [0.2, 0.25) is 0 Å². The standard InChI is InChI=1S/C21H18BrN3O2/c1-27-20-7-6-17(22)11-15(20)10-16(12-23)21(26)24-9-8-14-13-25-19-5-3-2-4-18(14)19/h2-7,10-11,13,25H,8-9H2,1H3,(H,24,26)/b16-10-. The summed E-state index contributed by atoms with van der Waals surface area (Å²) in [7, 11) is 1.55. The molecule has 5 nitrogen and oxygen atoms in total.